The summed E-state index contributed by atoms with van der Waals surface area (Å²) in [5, 5.41) is 10.00. The second-order valence-corrected chi connectivity index (χ2v) is 8.88. The summed E-state index contributed by atoms with van der Waals surface area (Å²) in [5.74, 6) is -3.44. The smallest absolute Gasteiger partial charge is 0.475 e. The fraction of sp³-hybridized carbons (Fsp3) is 0.440. The predicted molar refractivity (Wildman–Crippen MR) is 125 cm³/mol. The van der Waals surface area contributed by atoms with E-state index in [0.717, 1.165) is 24.3 Å². The van der Waals surface area contributed by atoms with E-state index < -0.39 is 18.0 Å². The second-order valence-electron chi connectivity index (χ2n) is 8.88. The molecule has 190 valence electrons. The zero-order valence-corrected chi connectivity index (χ0v) is 19.6. The Morgan fingerprint density at radius 3 is 2.29 bits per heavy atom. The molecule has 35 heavy (non-hydrogen) atoms. The van der Waals surface area contributed by atoms with Crippen LogP contribution in [0.2, 0.25) is 0 Å². The van der Waals surface area contributed by atoms with E-state index in [-0.39, 0.29) is 5.91 Å². The molecule has 0 radical (unpaired) electrons. The van der Waals surface area contributed by atoms with Crippen LogP contribution in [0.4, 0.5) is 28.9 Å². The minimum Gasteiger partial charge on any atom is -0.475 e. The molecule has 2 atom stereocenters. The average Bonchev–Trinajstić information content (AvgIpc) is 3.44. The zero-order chi connectivity index (χ0) is 25.8. The fourth-order valence-electron chi connectivity index (χ4n) is 4.54. The van der Waals surface area contributed by atoms with Crippen LogP contribution >= 0.6 is 0 Å². The highest BCUT2D eigenvalue weighted by Crippen LogP contribution is 2.29. The standard InChI is InChI=1S/C23H28FN3O.C2HF3O2/c1-16-5-6-18(24)14-22(16)23(28)25-19-7-9-20(10-8-19)26-13-11-21(15-26)27-12-3-4-17(27)2;3-2(4,5)1(6)7/h5-10,14,17,21H,3-4,11-13,15H2,1-2H3,(H,25,28);(H,6,7). The number of benzene rings is 2. The number of likely N-dealkylation sites (tertiary alicyclic amines) is 1. The molecule has 0 aromatic heterocycles. The summed E-state index contributed by atoms with van der Waals surface area (Å²) in [4.78, 5) is 26.4. The van der Waals surface area contributed by atoms with Gasteiger partial charge in [0.15, 0.2) is 0 Å². The number of nitrogens with zero attached hydrogens (tertiary/aromatic N) is 2. The van der Waals surface area contributed by atoms with Crippen molar-refractivity contribution < 1.29 is 32.3 Å². The number of halogens is 4. The van der Waals surface area contributed by atoms with Crippen molar-refractivity contribution in [2.24, 2.45) is 0 Å². The molecule has 2 aromatic carbocycles. The SMILES string of the molecule is Cc1ccc(F)cc1C(=O)Nc1ccc(N2CCC(N3CCCC3C)C2)cc1.O=C(O)C(F)(F)F. The van der Waals surface area contributed by atoms with Gasteiger partial charge in [0.25, 0.3) is 5.91 Å². The van der Waals surface area contributed by atoms with Gasteiger partial charge in [-0.1, -0.05) is 6.07 Å². The van der Waals surface area contributed by atoms with Gasteiger partial charge in [0, 0.05) is 42.1 Å². The number of amides is 1. The first-order valence-corrected chi connectivity index (χ1v) is 11.4. The third kappa shape index (κ3) is 6.94. The minimum absolute atomic E-state index is 0.283. The predicted octanol–water partition coefficient (Wildman–Crippen LogP) is 5.08. The highest BCUT2D eigenvalue weighted by Gasteiger charge is 2.38. The molecule has 2 heterocycles. The van der Waals surface area contributed by atoms with Crippen LogP contribution < -0.4 is 10.2 Å². The molecule has 6 nitrogen and oxygen atoms in total. The maximum Gasteiger partial charge on any atom is 0.490 e. The summed E-state index contributed by atoms with van der Waals surface area (Å²) in [5.41, 5.74) is 3.04. The average molecular weight is 496 g/mol. The monoisotopic (exact) mass is 495 g/mol. The van der Waals surface area contributed by atoms with Gasteiger partial charge >= 0.3 is 12.1 Å². The lowest BCUT2D eigenvalue weighted by Crippen LogP contribution is -2.39. The van der Waals surface area contributed by atoms with Gasteiger partial charge in [0.05, 0.1) is 0 Å². The number of hydrogen-bond acceptors (Lipinski definition) is 4. The van der Waals surface area contributed by atoms with E-state index in [9.17, 15) is 22.4 Å². The molecule has 2 fully saturated rings. The Balaban J connectivity index is 0.000000429. The molecule has 4 rings (SSSR count). The van der Waals surface area contributed by atoms with Crippen LogP contribution in [0.3, 0.4) is 0 Å². The molecule has 0 spiro atoms. The van der Waals surface area contributed by atoms with E-state index in [1.54, 1.807) is 6.07 Å². The highest BCUT2D eigenvalue weighted by atomic mass is 19.4. The minimum atomic E-state index is -5.08. The fourth-order valence-corrected chi connectivity index (χ4v) is 4.54. The molecule has 2 aliphatic rings. The van der Waals surface area contributed by atoms with Crippen molar-refractivity contribution >= 4 is 23.3 Å². The molecule has 0 saturated carbocycles. The van der Waals surface area contributed by atoms with Gasteiger partial charge in [-0.3, -0.25) is 9.69 Å². The lowest BCUT2D eigenvalue weighted by atomic mass is 10.1. The highest BCUT2D eigenvalue weighted by molar-refractivity contribution is 6.05. The number of rotatable bonds is 4. The Morgan fingerprint density at radius 1 is 1.06 bits per heavy atom. The molecular formula is C25H29F4N3O3. The Morgan fingerprint density at radius 2 is 1.71 bits per heavy atom. The third-order valence-corrected chi connectivity index (χ3v) is 6.41. The topological polar surface area (TPSA) is 72.9 Å². The van der Waals surface area contributed by atoms with E-state index in [0.29, 0.717) is 17.6 Å². The van der Waals surface area contributed by atoms with Crippen molar-refractivity contribution in [1.29, 1.82) is 0 Å². The lowest BCUT2D eigenvalue weighted by Gasteiger charge is -2.28. The molecule has 0 aliphatic carbocycles. The number of aryl methyl sites for hydroxylation is 1. The number of carbonyl (C=O) groups is 2. The van der Waals surface area contributed by atoms with Crippen LogP contribution in [0.1, 0.15) is 42.1 Å². The van der Waals surface area contributed by atoms with Gasteiger partial charge in [-0.05, 0) is 81.6 Å². The number of alkyl halides is 3. The number of anilines is 2. The Hall–Kier alpha value is -3.14. The molecule has 1 amide bonds. The van der Waals surface area contributed by atoms with Crippen LogP contribution in [-0.4, -0.2) is 59.8 Å². The van der Waals surface area contributed by atoms with Crippen molar-refractivity contribution in [3.05, 3.63) is 59.4 Å². The van der Waals surface area contributed by atoms with Crippen molar-refractivity contribution in [2.75, 3.05) is 29.9 Å². The van der Waals surface area contributed by atoms with Crippen molar-refractivity contribution in [2.45, 2.75) is 51.4 Å². The number of aliphatic carboxylic acids is 1. The van der Waals surface area contributed by atoms with Gasteiger partial charge in [0.2, 0.25) is 0 Å². The van der Waals surface area contributed by atoms with Crippen LogP contribution in [0.15, 0.2) is 42.5 Å². The Bertz CT molecular complexity index is 1040. The summed E-state index contributed by atoms with van der Waals surface area (Å²) < 4.78 is 45.2. The van der Waals surface area contributed by atoms with Crippen molar-refractivity contribution in [3.63, 3.8) is 0 Å². The second kappa shape index (κ2) is 11.1. The van der Waals surface area contributed by atoms with Crippen LogP contribution in [0, 0.1) is 12.7 Å². The summed E-state index contributed by atoms with van der Waals surface area (Å²) in [7, 11) is 0. The van der Waals surface area contributed by atoms with Gasteiger partial charge in [-0.15, -0.1) is 0 Å². The number of hydrogen-bond donors (Lipinski definition) is 2. The third-order valence-electron chi connectivity index (χ3n) is 6.41. The van der Waals surface area contributed by atoms with Crippen molar-refractivity contribution in [1.82, 2.24) is 4.90 Å². The van der Waals surface area contributed by atoms with Gasteiger partial charge in [-0.25, -0.2) is 9.18 Å². The molecule has 2 unspecified atom stereocenters. The van der Waals surface area contributed by atoms with E-state index in [4.69, 9.17) is 9.90 Å². The van der Waals surface area contributed by atoms with Crippen LogP contribution in [0.25, 0.3) is 0 Å². The van der Waals surface area contributed by atoms with Crippen LogP contribution in [-0.2, 0) is 4.79 Å². The molecule has 10 heteroatoms. The molecular weight excluding hydrogens is 466 g/mol. The van der Waals surface area contributed by atoms with E-state index >= 15 is 0 Å². The molecule has 2 aromatic rings. The summed E-state index contributed by atoms with van der Waals surface area (Å²) in [6.45, 7) is 7.51. The maximum atomic E-state index is 13.5. The van der Waals surface area contributed by atoms with Gasteiger partial charge in [-0.2, -0.15) is 13.2 Å². The summed E-state index contributed by atoms with van der Waals surface area (Å²) in [6, 6.07) is 13.6. The number of nitrogens with one attached hydrogen (secondary N) is 1. The number of carbonyl (C=O) groups excluding carboxylic acids is 1. The van der Waals surface area contributed by atoms with Crippen molar-refractivity contribution in [3.8, 4) is 0 Å². The quantitative estimate of drug-likeness (QED) is 0.579. The number of carboxylic acid groups (broad SMARTS) is 1. The number of carboxylic acids is 1. The Labute approximate surface area is 201 Å². The largest absolute Gasteiger partial charge is 0.490 e. The summed E-state index contributed by atoms with van der Waals surface area (Å²) >= 11 is 0. The Kier molecular flexibility index (Phi) is 8.37. The lowest BCUT2D eigenvalue weighted by molar-refractivity contribution is -0.192. The first kappa shape index (κ1) is 26.5. The molecule has 2 saturated heterocycles. The van der Waals surface area contributed by atoms with Gasteiger partial charge < -0.3 is 15.3 Å². The van der Waals surface area contributed by atoms with Gasteiger partial charge in [0.1, 0.15) is 5.82 Å². The van der Waals surface area contributed by atoms with E-state index in [1.807, 2.05) is 19.1 Å². The van der Waals surface area contributed by atoms with E-state index in [2.05, 4.69) is 34.2 Å². The normalized spacial score (nSPS) is 20.3. The first-order chi connectivity index (χ1) is 16.5. The maximum absolute atomic E-state index is 13.5. The van der Waals surface area contributed by atoms with E-state index in [1.165, 1.54) is 43.6 Å². The van der Waals surface area contributed by atoms with Crippen LogP contribution in [0.5, 0.6) is 0 Å². The molecule has 0 bridgehead atoms. The molecule has 2 aliphatic heterocycles. The first-order valence-electron chi connectivity index (χ1n) is 11.4. The molecule has 2 N–H and O–H groups in total. The summed E-state index contributed by atoms with van der Waals surface area (Å²) in [6.07, 6.45) is -1.24. The zero-order valence-electron chi connectivity index (χ0n) is 19.6.